The van der Waals surface area contributed by atoms with Crippen LogP contribution in [0.1, 0.15) is 11.1 Å². The molecule has 0 nitrogen and oxygen atoms in total. The fourth-order valence-electron chi connectivity index (χ4n) is 1.90. The first kappa shape index (κ1) is 14.4. The zero-order valence-corrected chi connectivity index (χ0v) is 10.2. The lowest BCUT2D eigenvalue weighted by molar-refractivity contribution is -0.138. The summed E-state index contributed by atoms with van der Waals surface area (Å²) in [5.41, 5.74) is -2.03. The molecule has 0 saturated heterocycles. The van der Waals surface area contributed by atoms with Gasteiger partial charge in [-0.1, -0.05) is 12.1 Å². The maximum Gasteiger partial charge on any atom is 0.416 e. The Balaban J connectivity index is 2.66. The van der Waals surface area contributed by atoms with Crippen molar-refractivity contribution in [1.29, 1.82) is 0 Å². The summed E-state index contributed by atoms with van der Waals surface area (Å²) in [7, 11) is 0. The average Bonchev–Trinajstić information content (AvgIpc) is 2.28. The minimum Gasteiger partial charge on any atom is -0.207 e. The quantitative estimate of drug-likeness (QED) is 0.641. The van der Waals surface area contributed by atoms with Crippen molar-refractivity contribution in [2.24, 2.45) is 0 Å². The van der Waals surface area contributed by atoms with E-state index in [0.29, 0.717) is 18.2 Å². The predicted molar refractivity (Wildman–Crippen MR) is 61.5 cm³/mol. The molecule has 0 N–H and O–H groups in total. The number of hydrogen-bond donors (Lipinski definition) is 0. The van der Waals surface area contributed by atoms with Gasteiger partial charge in [-0.05, 0) is 24.1 Å². The molecule has 2 aromatic rings. The van der Waals surface area contributed by atoms with E-state index in [0.717, 1.165) is 12.1 Å². The molecule has 0 atom stereocenters. The Morgan fingerprint density at radius 2 is 1.40 bits per heavy atom. The van der Waals surface area contributed by atoms with Gasteiger partial charge in [0.15, 0.2) is 0 Å². The first-order valence-corrected chi connectivity index (χ1v) is 5.53. The van der Waals surface area contributed by atoms with E-state index < -0.39 is 34.8 Å². The summed E-state index contributed by atoms with van der Waals surface area (Å²) in [6, 6.07) is 3.76. The molecule has 20 heavy (non-hydrogen) atoms. The third kappa shape index (κ3) is 2.64. The monoisotopic (exact) mass is 290 g/mol. The Hall–Kier alpha value is -1.98. The standard InChI is InChI=1S/C14H8F6/c1-7-2-3-8(4-10(7)14(18,19)20)13-11(16)5-9(15)6-12(13)17/h2-6H,1H3. The molecule has 0 spiro atoms. The molecule has 0 amide bonds. The normalized spacial score (nSPS) is 11.8. The molecule has 0 aromatic heterocycles. The van der Waals surface area contributed by atoms with Crippen molar-refractivity contribution in [3.8, 4) is 11.1 Å². The van der Waals surface area contributed by atoms with E-state index in [9.17, 15) is 26.3 Å². The zero-order valence-electron chi connectivity index (χ0n) is 10.2. The van der Waals surface area contributed by atoms with Crippen molar-refractivity contribution in [2.75, 3.05) is 0 Å². The van der Waals surface area contributed by atoms with Crippen LogP contribution in [0, 0.1) is 24.4 Å². The highest BCUT2D eigenvalue weighted by Crippen LogP contribution is 2.36. The molecule has 0 aliphatic heterocycles. The summed E-state index contributed by atoms with van der Waals surface area (Å²) in [6.45, 7) is 1.24. The highest BCUT2D eigenvalue weighted by molar-refractivity contribution is 5.66. The van der Waals surface area contributed by atoms with Crippen LogP contribution in [0.15, 0.2) is 30.3 Å². The number of alkyl halides is 3. The first-order valence-electron chi connectivity index (χ1n) is 5.53. The number of rotatable bonds is 1. The first-order chi connectivity index (χ1) is 9.20. The second-order valence-electron chi connectivity index (χ2n) is 4.27. The van der Waals surface area contributed by atoms with E-state index in [-0.39, 0.29) is 11.1 Å². The SMILES string of the molecule is Cc1ccc(-c2c(F)cc(F)cc2F)cc1C(F)(F)F. The van der Waals surface area contributed by atoms with Crippen LogP contribution in [-0.2, 0) is 6.18 Å². The molecule has 2 rings (SSSR count). The van der Waals surface area contributed by atoms with Gasteiger partial charge >= 0.3 is 6.18 Å². The summed E-state index contributed by atoms with van der Waals surface area (Å²) in [6.07, 6.45) is -4.63. The van der Waals surface area contributed by atoms with Crippen molar-refractivity contribution in [3.63, 3.8) is 0 Å². The number of hydrogen-bond acceptors (Lipinski definition) is 0. The fourth-order valence-corrected chi connectivity index (χ4v) is 1.90. The van der Waals surface area contributed by atoms with Crippen molar-refractivity contribution in [2.45, 2.75) is 13.1 Å². The maximum atomic E-state index is 13.6. The van der Waals surface area contributed by atoms with Crippen LogP contribution < -0.4 is 0 Å². The molecule has 2 aromatic carbocycles. The molecule has 0 radical (unpaired) electrons. The lowest BCUT2D eigenvalue weighted by Gasteiger charge is -2.13. The summed E-state index contributed by atoms with van der Waals surface area (Å²) >= 11 is 0. The van der Waals surface area contributed by atoms with E-state index in [4.69, 9.17) is 0 Å². The molecule has 0 aliphatic carbocycles. The zero-order chi connectivity index (χ0) is 15.1. The molecule has 0 aliphatic rings. The van der Waals surface area contributed by atoms with Gasteiger partial charge < -0.3 is 0 Å². The molecule has 0 heterocycles. The third-order valence-electron chi connectivity index (χ3n) is 2.84. The molecule has 6 heteroatoms. The van der Waals surface area contributed by atoms with Gasteiger partial charge in [-0.2, -0.15) is 13.2 Å². The summed E-state index contributed by atoms with van der Waals surface area (Å²) < 4.78 is 78.2. The highest BCUT2D eigenvalue weighted by atomic mass is 19.4. The maximum absolute atomic E-state index is 13.6. The molecular weight excluding hydrogens is 282 g/mol. The van der Waals surface area contributed by atoms with Gasteiger partial charge in [0.25, 0.3) is 0 Å². The minimum atomic E-state index is -4.63. The fraction of sp³-hybridized carbons (Fsp3) is 0.143. The van der Waals surface area contributed by atoms with Crippen LogP contribution in [0.4, 0.5) is 26.3 Å². The molecule has 106 valence electrons. The smallest absolute Gasteiger partial charge is 0.207 e. The van der Waals surface area contributed by atoms with Crippen LogP contribution in [-0.4, -0.2) is 0 Å². The number of aryl methyl sites for hydroxylation is 1. The number of benzene rings is 2. The van der Waals surface area contributed by atoms with Crippen molar-refractivity contribution in [1.82, 2.24) is 0 Å². The Labute approximate surface area is 110 Å². The lowest BCUT2D eigenvalue weighted by atomic mass is 9.98. The second-order valence-corrected chi connectivity index (χ2v) is 4.27. The van der Waals surface area contributed by atoms with Gasteiger partial charge in [0.1, 0.15) is 17.5 Å². The van der Waals surface area contributed by atoms with E-state index in [1.807, 2.05) is 0 Å². The second kappa shape index (κ2) is 4.85. The van der Waals surface area contributed by atoms with Gasteiger partial charge in [-0.15, -0.1) is 0 Å². The molecule has 0 unspecified atom stereocenters. The van der Waals surface area contributed by atoms with E-state index in [1.54, 1.807) is 0 Å². The summed E-state index contributed by atoms with van der Waals surface area (Å²) in [4.78, 5) is 0. The van der Waals surface area contributed by atoms with Gasteiger partial charge in [-0.3, -0.25) is 0 Å². The van der Waals surface area contributed by atoms with E-state index >= 15 is 0 Å². The summed E-state index contributed by atoms with van der Waals surface area (Å²) in [5.74, 6) is -3.63. The molecule has 0 saturated carbocycles. The van der Waals surface area contributed by atoms with Crippen LogP contribution in [0.25, 0.3) is 11.1 Å². The topological polar surface area (TPSA) is 0 Å². The molecule has 0 fully saturated rings. The molecular formula is C14H8F6. The third-order valence-corrected chi connectivity index (χ3v) is 2.84. The predicted octanol–water partition coefficient (Wildman–Crippen LogP) is 5.10. The summed E-state index contributed by atoms with van der Waals surface area (Å²) in [5, 5.41) is 0. The van der Waals surface area contributed by atoms with E-state index in [1.165, 1.54) is 6.92 Å². The van der Waals surface area contributed by atoms with Gasteiger partial charge in [0, 0.05) is 12.1 Å². The number of halogens is 6. The van der Waals surface area contributed by atoms with Crippen LogP contribution in [0.3, 0.4) is 0 Å². The van der Waals surface area contributed by atoms with Crippen LogP contribution in [0.5, 0.6) is 0 Å². The van der Waals surface area contributed by atoms with Gasteiger partial charge in [-0.25, -0.2) is 13.2 Å². The van der Waals surface area contributed by atoms with Crippen LogP contribution >= 0.6 is 0 Å². The Morgan fingerprint density at radius 3 is 1.90 bits per heavy atom. The Morgan fingerprint density at radius 1 is 0.850 bits per heavy atom. The Bertz CT molecular complexity index is 634. The highest BCUT2D eigenvalue weighted by Gasteiger charge is 2.33. The van der Waals surface area contributed by atoms with Gasteiger partial charge in [0.05, 0.1) is 11.1 Å². The van der Waals surface area contributed by atoms with Crippen molar-refractivity contribution < 1.29 is 26.3 Å². The van der Waals surface area contributed by atoms with Crippen molar-refractivity contribution in [3.05, 3.63) is 58.9 Å². The largest absolute Gasteiger partial charge is 0.416 e. The Kier molecular flexibility index (Phi) is 3.50. The van der Waals surface area contributed by atoms with Crippen molar-refractivity contribution >= 4 is 0 Å². The average molecular weight is 290 g/mol. The minimum absolute atomic E-state index is 0.0656. The van der Waals surface area contributed by atoms with Gasteiger partial charge in [0.2, 0.25) is 0 Å². The lowest BCUT2D eigenvalue weighted by Crippen LogP contribution is -2.08. The van der Waals surface area contributed by atoms with E-state index in [2.05, 4.69) is 0 Å². The molecule has 0 bridgehead atoms. The van der Waals surface area contributed by atoms with Crippen LogP contribution in [0.2, 0.25) is 0 Å².